The molecule has 1 aliphatic rings. The average Bonchev–Trinajstić information content (AvgIpc) is 2.41. The van der Waals surface area contributed by atoms with Crippen LogP contribution in [0.15, 0.2) is 24.3 Å². The number of nitrogens with one attached hydrogen (secondary N) is 1. The molecule has 0 bridgehead atoms. The number of piperazine rings is 1. The largest absolute Gasteiger partial charge is 0.435 e. The lowest BCUT2D eigenvalue weighted by Crippen LogP contribution is -2.56. The number of carbonyl (C=O) groups excluding carboxylic acids is 1. The number of halogens is 3. The molecule has 1 heterocycles. The van der Waals surface area contributed by atoms with Crippen molar-refractivity contribution in [3.05, 3.63) is 29.8 Å². The first kappa shape index (κ1) is 17.7. The van der Waals surface area contributed by atoms with E-state index < -0.39 is 6.61 Å². The van der Waals surface area contributed by atoms with Crippen LogP contribution in [0.25, 0.3) is 0 Å². The lowest BCUT2D eigenvalue weighted by atomic mass is 10.1. The molecule has 0 aliphatic carbocycles. The first-order valence-corrected chi connectivity index (χ1v) is 6.56. The normalized spacial score (nSPS) is 21.9. The number of nitrogens with zero attached hydrogens (tertiary/aromatic N) is 1. The highest BCUT2D eigenvalue weighted by atomic mass is 35.5. The van der Waals surface area contributed by atoms with Crippen LogP contribution in [0.4, 0.5) is 8.78 Å². The molecule has 0 radical (unpaired) electrons. The molecule has 1 N–H and O–H groups in total. The fraction of sp³-hybridized carbons (Fsp3) is 0.500. The lowest BCUT2D eigenvalue weighted by Gasteiger charge is -2.37. The first-order chi connectivity index (χ1) is 9.47. The molecule has 1 aromatic rings. The number of alkyl halides is 2. The van der Waals surface area contributed by atoms with Crippen molar-refractivity contribution >= 4 is 18.3 Å². The standard InChI is InChI=1S/C14H18F2N2O2.ClH/c1-9-8-18(10(2)7-17-9)13(19)11-3-5-12(6-4-11)20-14(15)16;/h3-6,9-10,14,17H,7-8H2,1-2H3;1H. The van der Waals surface area contributed by atoms with Gasteiger partial charge >= 0.3 is 6.61 Å². The summed E-state index contributed by atoms with van der Waals surface area (Å²) in [6, 6.07) is 6.15. The van der Waals surface area contributed by atoms with E-state index in [-0.39, 0.29) is 36.1 Å². The topological polar surface area (TPSA) is 41.6 Å². The van der Waals surface area contributed by atoms with Crippen molar-refractivity contribution in [1.82, 2.24) is 10.2 Å². The monoisotopic (exact) mass is 320 g/mol. The molecule has 1 saturated heterocycles. The molecule has 1 fully saturated rings. The number of hydrogen-bond acceptors (Lipinski definition) is 3. The van der Waals surface area contributed by atoms with Crippen molar-refractivity contribution in [2.45, 2.75) is 32.5 Å². The molecule has 2 atom stereocenters. The summed E-state index contributed by atoms with van der Waals surface area (Å²) in [6.45, 7) is 2.52. The van der Waals surface area contributed by atoms with Crippen LogP contribution in [0.1, 0.15) is 24.2 Å². The van der Waals surface area contributed by atoms with E-state index in [1.54, 1.807) is 4.90 Å². The van der Waals surface area contributed by atoms with Crippen LogP contribution >= 0.6 is 12.4 Å². The van der Waals surface area contributed by atoms with Gasteiger partial charge in [0.1, 0.15) is 5.75 Å². The maximum atomic E-state index is 12.4. The smallest absolute Gasteiger partial charge is 0.387 e. The van der Waals surface area contributed by atoms with Gasteiger partial charge in [-0.3, -0.25) is 4.79 Å². The van der Waals surface area contributed by atoms with Crippen LogP contribution in [0.3, 0.4) is 0 Å². The molecule has 2 rings (SSSR count). The van der Waals surface area contributed by atoms with Crippen LogP contribution in [0.5, 0.6) is 5.75 Å². The van der Waals surface area contributed by atoms with Gasteiger partial charge in [-0.15, -0.1) is 12.4 Å². The molecule has 0 spiro atoms. The van der Waals surface area contributed by atoms with Gasteiger partial charge in [0.05, 0.1) is 0 Å². The minimum atomic E-state index is -2.86. The molecule has 7 heteroatoms. The third kappa shape index (κ3) is 4.54. The third-order valence-electron chi connectivity index (χ3n) is 3.35. The zero-order valence-electron chi connectivity index (χ0n) is 11.9. The van der Waals surface area contributed by atoms with E-state index in [9.17, 15) is 13.6 Å². The Morgan fingerprint density at radius 1 is 1.33 bits per heavy atom. The Labute approximate surface area is 128 Å². The summed E-state index contributed by atoms with van der Waals surface area (Å²) in [5.74, 6) is -0.0345. The SMILES string of the molecule is CC1CN(C(=O)c2ccc(OC(F)F)cc2)C(C)CN1.Cl. The van der Waals surface area contributed by atoms with Gasteiger partial charge < -0.3 is 15.0 Å². The third-order valence-corrected chi connectivity index (χ3v) is 3.35. The van der Waals surface area contributed by atoms with E-state index in [1.165, 1.54) is 24.3 Å². The zero-order chi connectivity index (χ0) is 14.7. The maximum absolute atomic E-state index is 12.4. The van der Waals surface area contributed by atoms with Gasteiger partial charge in [-0.2, -0.15) is 8.78 Å². The predicted molar refractivity (Wildman–Crippen MR) is 78.3 cm³/mol. The maximum Gasteiger partial charge on any atom is 0.387 e. The molecule has 1 aromatic carbocycles. The molecule has 2 unspecified atom stereocenters. The second-order valence-corrected chi connectivity index (χ2v) is 5.02. The van der Waals surface area contributed by atoms with Crippen molar-refractivity contribution in [1.29, 1.82) is 0 Å². The average molecular weight is 321 g/mol. The fourth-order valence-corrected chi connectivity index (χ4v) is 2.25. The Bertz CT molecular complexity index is 471. The molecule has 118 valence electrons. The quantitative estimate of drug-likeness (QED) is 0.930. The summed E-state index contributed by atoms with van der Waals surface area (Å²) < 4.78 is 28.4. The zero-order valence-corrected chi connectivity index (χ0v) is 12.7. The minimum Gasteiger partial charge on any atom is -0.435 e. The first-order valence-electron chi connectivity index (χ1n) is 6.56. The van der Waals surface area contributed by atoms with Gasteiger partial charge in [0, 0.05) is 30.7 Å². The lowest BCUT2D eigenvalue weighted by molar-refractivity contribution is -0.0498. The fourth-order valence-electron chi connectivity index (χ4n) is 2.25. The number of hydrogen-bond donors (Lipinski definition) is 1. The van der Waals surface area contributed by atoms with E-state index in [4.69, 9.17) is 0 Å². The van der Waals surface area contributed by atoms with E-state index in [0.29, 0.717) is 12.1 Å². The minimum absolute atomic E-state index is 0. The highest BCUT2D eigenvalue weighted by Gasteiger charge is 2.27. The van der Waals surface area contributed by atoms with Crippen molar-refractivity contribution in [3.8, 4) is 5.75 Å². The van der Waals surface area contributed by atoms with Crippen LogP contribution in [-0.4, -0.2) is 42.6 Å². The molecule has 21 heavy (non-hydrogen) atoms. The molecular weight excluding hydrogens is 302 g/mol. The highest BCUT2D eigenvalue weighted by Crippen LogP contribution is 2.18. The molecule has 1 amide bonds. The van der Waals surface area contributed by atoms with E-state index in [1.807, 2.05) is 13.8 Å². The summed E-state index contributed by atoms with van der Waals surface area (Å²) in [5, 5.41) is 3.30. The van der Waals surface area contributed by atoms with Crippen LogP contribution in [-0.2, 0) is 0 Å². The van der Waals surface area contributed by atoms with Crippen molar-refractivity contribution in [2.75, 3.05) is 13.1 Å². The molecular formula is C14H19ClF2N2O2. The van der Waals surface area contributed by atoms with E-state index >= 15 is 0 Å². The Morgan fingerprint density at radius 3 is 2.52 bits per heavy atom. The summed E-state index contributed by atoms with van der Waals surface area (Å²) in [4.78, 5) is 14.2. The van der Waals surface area contributed by atoms with Gasteiger partial charge in [-0.1, -0.05) is 0 Å². The number of rotatable bonds is 3. The second kappa shape index (κ2) is 7.56. The van der Waals surface area contributed by atoms with Gasteiger partial charge in [-0.25, -0.2) is 0 Å². The van der Waals surface area contributed by atoms with Gasteiger partial charge in [0.25, 0.3) is 5.91 Å². The molecule has 0 saturated carbocycles. The number of amides is 1. The Hall–Kier alpha value is -1.40. The van der Waals surface area contributed by atoms with Crippen molar-refractivity contribution in [2.24, 2.45) is 0 Å². The highest BCUT2D eigenvalue weighted by molar-refractivity contribution is 5.94. The Balaban J connectivity index is 0.00000220. The number of benzene rings is 1. The Kier molecular flexibility index (Phi) is 6.36. The molecule has 1 aliphatic heterocycles. The van der Waals surface area contributed by atoms with E-state index in [2.05, 4.69) is 10.1 Å². The summed E-state index contributed by atoms with van der Waals surface area (Å²) in [6.07, 6.45) is 0. The number of carbonyl (C=O) groups is 1. The second-order valence-electron chi connectivity index (χ2n) is 5.02. The summed E-state index contributed by atoms with van der Waals surface area (Å²) >= 11 is 0. The van der Waals surface area contributed by atoms with E-state index in [0.717, 1.165) is 6.54 Å². The van der Waals surface area contributed by atoms with Gasteiger partial charge in [0.15, 0.2) is 0 Å². The van der Waals surface area contributed by atoms with Crippen LogP contribution < -0.4 is 10.1 Å². The predicted octanol–water partition coefficient (Wildman–Crippen LogP) is 2.53. The van der Waals surface area contributed by atoms with Crippen LogP contribution in [0.2, 0.25) is 0 Å². The van der Waals surface area contributed by atoms with Crippen LogP contribution in [0, 0.1) is 0 Å². The van der Waals surface area contributed by atoms with Crippen molar-refractivity contribution < 1.29 is 18.3 Å². The van der Waals surface area contributed by atoms with Gasteiger partial charge in [-0.05, 0) is 38.1 Å². The summed E-state index contributed by atoms with van der Waals surface area (Å²) in [5.41, 5.74) is 0.479. The Morgan fingerprint density at radius 2 is 1.95 bits per heavy atom. The molecule has 0 aromatic heterocycles. The van der Waals surface area contributed by atoms with Gasteiger partial charge in [0.2, 0.25) is 0 Å². The molecule has 4 nitrogen and oxygen atoms in total. The number of ether oxygens (including phenoxy) is 1. The van der Waals surface area contributed by atoms with Crippen molar-refractivity contribution in [3.63, 3.8) is 0 Å². The summed E-state index contributed by atoms with van der Waals surface area (Å²) in [7, 11) is 0.